The van der Waals surface area contributed by atoms with Crippen molar-refractivity contribution in [3.05, 3.63) is 35.4 Å². The summed E-state index contributed by atoms with van der Waals surface area (Å²) in [7, 11) is 2.16. The molecule has 4 heteroatoms. The SMILES string of the molecule is CC(C)NC(=O)[C@@H]1C=C2c3cccc4c3C(CN4)C[C@H]2N(C)C1. The maximum atomic E-state index is 12.5. The van der Waals surface area contributed by atoms with Crippen LogP contribution in [0.3, 0.4) is 0 Å². The van der Waals surface area contributed by atoms with Gasteiger partial charge >= 0.3 is 0 Å². The molecule has 122 valence electrons. The van der Waals surface area contributed by atoms with Crippen LogP contribution in [0.15, 0.2) is 24.3 Å². The first-order valence-corrected chi connectivity index (χ1v) is 8.64. The molecule has 0 bridgehead atoms. The van der Waals surface area contributed by atoms with Crippen LogP contribution >= 0.6 is 0 Å². The summed E-state index contributed by atoms with van der Waals surface area (Å²) in [6.07, 6.45) is 3.38. The molecule has 1 amide bonds. The second kappa shape index (κ2) is 5.38. The Morgan fingerprint density at radius 3 is 3.00 bits per heavy atom. The number of nitrogens with one attached hydrogen (secondary N) is 2. The molecule has 4 nitrogen and oxygen atoms in total. The summed E-state index contributed by atoms with van der Waals surface area (Å²) in [5.41, 5.74) is 5.44. The van der Waals surface area contributed by atoms with Crippen molar-refractivity contribution in [3.8, 4) is 0 Å². The van der Waals surface area contributed by atoms with Crippen molar-refractivity contribution in [2.75, 3.05) is 25.5 Å². The third-order valence-corrected chi connectivity index (χ3v) is 5.40. The van der Waals surface area contributed by atoms with E-state index in [1.165, 1.54) is 22.4 Å². The molecule has 2 heterocycles. The van der Waals surface area contributed by atoms with Crippen molar-refractivity contribution in [3.63, 3.8) is 0 Å². The summed E-state index contributed by atoms with van der Waals surface area (Å²) in [5.74, 6) is 0.688. The normalized spacial score (nSPS) is 28.7. The zero-order chi connectivity index (χ0) is 16.1. The lowest BCUT2D eigenvalue weighted by Crippen LogP contribution is -2.47. The summed E-state index contributed by atoms with van der Waals surface area (Å²) in [4.78, 5) is 14.9. The number of carbonyl (C=O) groups excluding carboxylic acids is 1. The summed E-state index contributed by atoms with van der Waals surface area (Å²) < 4.78 is 0. The van der Waals surface area contributed by atoms with E-state index in [4.69, 9.17) is 0 Å². The van der Waals surface area contributed by atoms with Gasteiger partial charge in [-0.05, 0) is 50.1 Å². The Hall–Kier alpha value is -1.81. The lowest BCUT2D eigenvalue weighted by molar-refractivity contribution is -0.124. The molecule has 1 unspecified atom stereocenters. The van der Waals surface area contributed by atoms with E-state index in [2.05, 4.69) is 46.9 Å². The second-order valence-electron chi connectivity index (χ2n) is 7.43. The second-order valence-corrected chi connectivity index (χ2v) is 7.43. The number of benzene rings is 1. The quantitative estimate of drug-likeness (QED) is 0.882. The third kappa shape index (κ3) is 2.36. The minimum atomic E-state index is -0.0598. The largest absolute Gasteiger partial charge is 0.384 e. The van der Waals surface area contributed by atoms with Crippen LogP contribution in [0.5, 0.6) is 0 Å². The van der Waals surface area contributed by atoms with Crippen molar-refractivity contribution in [1.29, 1.82) is 0 Å². The molecule has 0 spiro atoms. The number of carbonyl (C=O) groups is 1. The van der Waals surface area contributed by atoms with Gasteiger partial charge in [0.15, 0.2) is 0 Å². The van der Waals surface area contributed by atoms with Gasteiger partial charge in [0.25, 0.3) is 0 Å². The van der Waals surface area contributed by atoms with Crippen molar-refractivity contribution in [2.45, 2.75) is 38.3 Å². The molecule has 0 fully saturated rings. The number of fused-ring (bicyclic) bond motifs is 2. The molecule has 1 aromatic rings. The minimum Gasteiger partial charge on any atom is -0.384 e. The first kappa shape index (κ1) is 14.8. The first-order chi connectivity index (χ1) is 11.0. The standard InChI is InChI=1S/C19H25N3O/c1-11(2)21-19(23)13-7-15-14-5-4-6-16-18(14)12(9-20-16)8-17(15)22(3)10-13/h4-7,11-13,17,20H,8-10H2,1-3H3,(H,21,23)/t12?,13-,17-/m1/s1. The average Bonchev–Trinajstić information content (AvgIpc) is 2.92. The monoisotopic (exact) mass is 311 g/mol. The van der Waals surface area contributed by atoms with Crippen LogP contribution in [0, 0.1) is 5.92 Å². The van der Waals surface area contributed by atoms with E-state index < -0.39 is 0 Å². The highest BCUT2D eigenvalue weighted by Gasteiger charge is 2.40. The van der Waals surface area contributed by atoms with Crippen LogP contribution in [0.1, 0.15) is 37.3 Å². The van der Waals surface area contributed by atoms with Gasteiger partial charge in [-0.25, -0.2) is 0 Å². The first-order valence-electron chi connectivity index (χ1n) is 8.64. The van der Waals surface area contributed by atoms with E-state index in [1.54, 1.807) is 0 Å². The molecule has 1 aromatic carbocycles. The maximum Gasteiger partial charge on any atom is 0.228 e. The fourth-order valence-electron chi connectivity index (χ4n) is 4.40. The van der Waals surface area contributed by atoms with Crippen molar-refractivity contribution < 1.29 is 4.79 Å². The highest BCUT2D eigenvalue weighted by atomic mass is 16.1. The Bertz CT molecular complexity index is 679. The molecular weight excluding hydrogens is 286 g/mol. The molecule has 23 heavy (non-hydrogen) atoms. The van der Waals surface area contributed by atoms with Gasteiger partial charge in [-0.2, -0.15) is 0 Å². The number of nitrogens with zero attached hydrogens (tertiary/aromatic N) is 1. The van der Waals surface area contributed by atoms with E-state index >= 15 is 0 Å². The summed E-state index contributed by atoms with van der Waals surface area (Å²) in [6.45, 7) is 5.88. The molecule has 3 aliphatic rings. The molecule has 0 radical (unpaired) electrons. The summed E-state index contributed by atoms with van der Waals surface area (Å²) in [6, 6.07) is 7.16. The highest BCUT2D eigenvalue weighted by molar-refractivity contribution is 5.87. The Morgan fingerprint density at radius 2 is 2.22 bits per heavy atom. The lowest BCUT2D eigenvalue weighted by atomic mass is 9.74. The van der Waals surface area contributed by atoms with E-state index in [9.17, 15) is 4.79 Å². The van der Waals surface area contributed by atoms with E-state index in [1.807, 2.05) is 13.8 Å². The number of hydrogen-bond donors (Lipinski definition) is 2. The smallest absolute Gasteiger partial charge is 0.228 e. The molecule has 2 N–H and O–H groups in total. The van der Waals surface area contributed by atoms with Crippen molar-refractivity contribution >= 4 is 17.2 Å². The van der Waals surface area contributed by atoms with Gasteiger partial charge < -0.3 is 10.6 Å². The molecule has 3 atom stereocenters. The van der Waals surface area contributed by atoms with Gasteiger partial charge in [0.05, 0.1) is 5.92 Å². The van der Waals surface area contributed by atoms with Crippen LogP contribution in [-0.4, -0.2) is 43.0 Å². The number of hydrogen-bond acceptors (Lipinski definition) is 3. The predicted molar refractivity (Wildman–Crippen MR) is 93.5 cm³/mol. The Labute approximate surface area is 137 Å². The number of anilines is 1. The van der Waals surface area contributed by atoms with Crippen LogP contribution < -0.4 is 10.6 Å². The third-order valence-electron chi connectivity index (χ3n) is 5.40. The van der Waals surface area contributed by atoms with Gasteiger partial charge in [-0.15, -0.1) is 0 Å². The van der Waals surface area contributed by atoms with Crippen LogP contribution in [0.4, 0.5) is 5.69 Å². The van der Waals surface area contributed by atoms with Gasteiger partial charge in [0.1, 0.15) is 0 Å². The van der Waals surface area contributed by atoms with E-state index in [-0.39, 0.29) is 17.9 Å². The number of likely N-dealkylation sites (N-methyl/N-ethyl adjacent to an activating group) is 1. The topological polar surface area (TPSA) is 44.4 Å². The maximum absolute atomic E-state index is 12.5. The number of rotatable bonds is 2. The zero-order valence-electron chi connectivity index (χ0n) is 14.1. The van der Waals surface area contributed by atoms with Crippen molar-refractivity contribution in [2.24, 2.45) is 5.92 Å². The minimum absolute atomic E-state index is 0.0598. The van der Waals surface area contributed by atoms with Crippen LogP contribution in [0.2, 0.25) is 0 Å². The summed E-state index contributed by atoms with van der Waals surface area (Å²) >= 11 is 0. The molecule has 0 saturated heterocycles. The van der Waals surface area contributed by atoms with Gasteiger partial charge in [-0.3, -0.25) is 9.69 Å². The van der Waals surface area contributed by atoms with Crippen LogP contribution in [-0.2, 0) is 4.79 Å². The van der Waals surface area contributed by atoms with Crippen molar-refractivity contribution in [1.82, 2.24) is 10.2 Å². The highest BCUT2D eigenvalue weighted by Crippen LogP contribution is 2.48. The fraction of sp³-hybridized carbons (Fsp3) is 0.526. The molecule has 0 aromatic heterocycles. The molecular formula is C19H25N3O. The van der Waals surface area contributed by atoms with Gasteiger partial charge in [-0.1, -0.05) is 18.2 Å². The van der Waals surface area contributed by atoms with E-state index in [0.717, 1.165) is 19.5 Å². The molecule has 2 aliphatic heterocycles. The zero-order valence-corrected chi connectivity index (χ0v) is 14.1. The lowest BCUT2D eigenvalue weighted by Gasteiger charge is -2.42. The molecule has 4 rings (SSSR count). The fourth-order valence-corrected chi connectivity index (χ4v) is 4.40. The van der Waals surface area contributed by atoms with E-state index in [0.29, 0.717) is 12.0 Å². The summed E-state index contributed by atoms with van der Waals surface area (Å²) in [5, 5.41) is 6.60. The predicted octanol–water partition coefficient (Wildman–Crippen LogP) is 2.44. The Kier molecular flexibility index (Phi) is 3.45. The molecule has 1 aliphatic carbocycles. The Balaban J connectivity index is 1.75. The average molecular weight is 311 g/mol. The number of amides is 1. The molecule has 0 saturated carbocycles. The van der Waals surface area contributed by atoms with Gasteiger partial charge in [0.2, 0.25) is 5.91 Å². The Morgan fingerprint density at radius 1 is 1.39 bits per heavy atom. The van der Waals surface area contributed by atoms with Gasteiger partial charge in [0, 0.05) is 36.8 Å². The van der Waals surface area contributed by atoms with Crippen LogP contribution in [0.25, 0.3) is 5.57 Å².